The predicted octanol–water partition coefficient (Wildman–Crippen LogP) is 7.23. The minimum Gasteiger partial charge on any atom is -0.0683 e. The molecule has 17 heavy (non-hydrogen) atoms. The summed E-state index contributed by atoms with van der Waals surface area (Å²) in [5, 5.41) is 0. The van der Waals surface area contributed by atoms with Gasteiger partial charge in [0.15, 0.2) is 0 Å². The lowest BCUT2D eigenvalue weighted by molar-refractivity contribution is 0.451. The summed E-state index contributed by atoms with van der Waals surface area (Å²) >= 11 is 0. The molecule has 1 saturated carbocycles. The highest BCUT2D eigenvalue weighted by Crippen LogP contribution is 2.15. The summed E-state index contributed by atoms with van der Waals surface area (Å²) < 4.78 is 0. The lowest BCUT2D eigenvalue weighted by Gasteiger charge is -2.08. The first-order chi connectivity index (χ1) is 8.26. The van der Waals surface area contributed by atoms with Crippen LogP contribution in [0.3, 0.4) is 0 Å². The molecule has 0 aromatic heterocycles. The van der Waals surface area contributed by atoms with Crippen molar-refractivity contribution in [2.24, 2.45) is 5.92 Å². The van der Waals surface area contributed by atoms with E-state index in [1.54, 1.807) is 0 Å². The summed E-state index contributed by atoms with van der Waals surface area (Å²) in [6.45, 7) is 15.1. The molecule has 108 valence electrons. The SMILES string of the molecule is C1CCC1.CC.CCC.CCCC(CC)CC. The van der Waals surface area contributed by atoms with Gasteiger partial charge in [0.1, 0.15) is 0 Å². The largest absolute Gasteiger partial charge is 0.0683 e. The molecule has 0 nitrogen and oxygen atoms in total. The Kier molecular flexibility index (Phi) is 32.7. The molecular weight excluding hydrogens is 204 g/mol. The summed E-state index contributed by atoms with van der Waals surface area (Å²) in [6.07, 6.45) is 12.8. The van der Waals surface area contributed by atoms with Gasteiger partial charge in [-0.1, -0.05) is 106 Å². The van der Waals surface area contributed by atoms with E-state index in [0.717, 1.165) is 5.92 Å². The average molecular weight is 245 g/mol. The molecule has 0 amide bonds. The van der Waals surface area contributed by atoms with Crippen LogP contribution in [0, 0.1) is 5.92 Å². The lowest BCUT2D eigenvalue weighted by Crippen LogP contribution is -1.94. The molecule has 0 unspecified atom stereocenters. The van der Waals surface area contributed by atoms with Crippen LogP contribution >= 0.6 is 0 Å². The van der Waals surface area contributed by atoms with Gasteiger partial charge in [0.25, 0.3) is 0 Å². The zero-order chi connectivity index (χ0) is 13.9. The molecule has 0 spiro atoms. The molecule has 1 fully saturated rings. The van der Waals surface area contributed by atoms with Crippen molar-refractivity contribution in [1.29, 1.82) is 0 Å². The van der Waals surface area contributed by atoms with E-state index in [0.29, 0.717) is 0 Å². The van der Waals surface area contributed by atoms with Crippen LogP contribution < -0.4 is 0 Å². The summed E-state index contributed by atoms with van der Waals surface area (Å²) in [4.78, 5) is 0. The van der Waals surface area contributed by atoms with E-state index in [2.05, 4.69) is 34.6 Å². The van der Waals surface area contributed by atoms with Gasteiger partial charge < -0.3 is 0 Å². The van der Waals surface area contributed by atoms with Gasteiger partial charge in [-0.15, -0.1) is 0 Å². The van der Waals surface area contributed by atoms with Gasteiger partial charge in [-0.05, 0) is 5.92 Å². The third-order valence-electron chi connectivity index (χ3n) is 2.85. The Morgan fingerprint density at radius 3 is 1.06 bits per heavy atom. The van der Waals surface area contributed by atoms with Crippen LogP contribution in [0.4, 0.5) is 0 Å². The fourth-order valence-corrected chi connectivity index (χ4v) is 1.36. The smallest absolute Gasteiger partial charge is 0.0420 e. The second-order valence-corrected chi connectivity index (χ2v) is 4.59. The monoisotopic (exact) mass is 244 g/mol. The van der Waals surface area contributed by atoms with Crippen LogP contribution in [0.25, 0.3) is 0 Å². The fourth-order valence-electron chi connectivity index (χ4n) is 1.36. The number of hydrogen-bond donors (Lipinski definition) is 0. The second kappa shape index (κ2) is 25.0. The third kappa shape index (κ3) is 25.9. The van der Waals surface area contributed by atoms with E-state index in [-0.39, 0.29) is 0 Å². The molecule has 0 heteroatoms. The molecule has 0 heterocycles. The van der Waals surface area contributed by atoms with Gasteiger partial charge in [-0.3, -0.25) is 0 Å². The van der Waals surface area contributed by atoms with Gasteiger partial charge in [0, 0.05) is 0 Å². The van der Waals surface area contributed by atoms with Crippen molar-refractivity contribution in [3.63, 3.8) is 0 Å². The highest BCUT2D eigenvalue weighted by Gasteiger charge is 1.98. The zero-order valence-corrected chi connectivity index (χ0v) is 13.9. The third-order valence-corrected chi connectivity index (χ3v) is 2.85. The Hall–Kier alpha value is 0. The van der Waals surface area contributed by atoms with Crippen molar-refractivity contribution in [2.75, 3.05) is 0 Å². The predicted molar refractivity (Wildman–Crippen MR) is 84.8 cm³/mol. The summed E-state index contributed by atoms with van der Waals surface area (Å²) in [7, 11) is 0. The Morgan fingerprint density at radius 1 is 0.706 bits per heavy atom. The molecule has 0 saturated heterocycles. The quantitative estimate of drug-likeness (QED) is 0.489. The maximum absolute atomic E-state index is 2.28. The van der Waals surface area contributed by atoms with Gasteiger partial charge in [-0.2, -0.15) is 0 Å². The first-order valence-electron chi connectivity index (χ1n) is 8.26. The van der Waals surface area contributed by atoms with Gasteiger partial charge in [0.05, 0.1) is 0 Å². The molecule has 1 aliphatic carbocycles. The maximum Gasteiger partial charge on any atom is -0.0420 e. The Labute approximate surface area is 113 Å². The molecule has 0 aromatic rings. The van der Waals surface area contributed by atoms with Gasteiger partial charge in [0.2, 0.25) is 0 Å². The maximum atomic E-state index is 2.28. The fraction of sp³-hybridized carbons (Fsp3) is 1.00. The number of rotatable bonds is 4. The lowest BCUT2D eigenvalue weighted by atomic mass is 9.98. The molecular formula is C17H40. The highest BCUT2D eigenvalue weighted by atomic mass is 14.0. The second-order valence-electron chi connectivity index (χ2n) is 4.59. The van der Waals surface area contributed by atoms with Crippen LogP contribution in [-0.2, 0) is 0 Å². The van der Waals surface area contributed by atoms with E-state index in [9.17, 15) is 0 Å². The van der Waals surface area contributed by atoms with Crippen molar-refractivity contribution in [1.82, 2.24) is 0 Å². The molecule has 0 bridgehead atoms. The van der Waals surface area contributed by atoms with Crippen molar-refractivity contribution < 1.29 is 0 Å². The van der Waals surface area contributed by atoms with Gasteiger partial charge >= 0.3 is 0 Å². The van der Waals surface area contributed by atoms with E-state index in [1.165, 1.54) is 57.8 Å². The van der Waals surface area contributed by atoms with Crippen LogP contribution in [0.2, 0.25) is 0 Å². The molecule has 1 rings (SSSR count). The summed E-state index contributed by atoms with van der Waals surface area (Å²) in [5.41, 5.74) is 0. The van der Waals surface area contributed by atoms with Crippen LogP contribution in [-0.4, -0.2) is 0 Å². The standard InChI is InChI=1S/C8H18.C4H8.C3H8.C2H6/c1-4-7-8(5-2)6-3;1-2-4-3-1;1-3-2;1-2/h8H,4-7H2,1-3H3;1-4H2;3H2,1-2H3;1-2H3. The molecule has 1 aliphatic rings. The average Bonchev–Trinajstić information content (AvgIpc) is 2.27. The minimum atomic E-state index is 1.000. The Balaban J connectivity index is -0.000000181. The summed E-state index contributed by atoms with van der Waals surface area (Å²) in [5.74, 6) is 1.000. The van der Waals surface area contributed by atoms with E-state index in [1.807, 2.05) is 13.8 Å². The first-order valence-corrected chi connectivity index (χ1v) is 8.26. The number of hydrogen-bond acceptors (Lipinski definition) is 0. The van der Waals surface area contributed by atoms with Crippen LogP contribution in [0.1, 0.15) is 106 Å². The Morgan fingerprint density at radius 2 is 1.00 bits per heavy atom. The van der Waals surface area contributed by atoms with Crippen LogP contribution in [0.5, 0.6) is 0 Å². The molecule has 0 radical (unpaired) electrons. The summed E-state index contributed by atoms with van der Waals surface area (Å²) in [6, 6.07) is 0. The Bertz CT molecular complexity index is 74.0. The van der Waals surface area contributed by atoms with E-state index < -0.39 is 0 Å². The van der Waals surface area contributed by atoms with E-state index >= 15 is 0 Å². The molecule has 0 N–H and O–H groups in total. The topological polar surface area (TPSA) is 0 Å². The first kappa shape index (κ1) is 22.2. The normalized spacial score (nSPS) is 12.0. The molecule has 0 aliphatic heterocycles. The van der Waals surface area contributed by atoms with Gasteiger partial charge in [-0.25, -0.2) is 0 Å². The van der Waals surface area contributed by atoms with Crippen molar-refractivity contribution in [2.45, 2.75) is 106 Å². The molecule has 0 aromatic carbocycles. The molecule has 0 atom stereocenters. The highest BCUT2D eigenvalue weighted by molar-refractivity contribution is 4.51. The zero-order valence-electron chi connectivity index (χ0n) is 13.9. The van der Waals surface area contributed by atoms with Crippen LogP contribution in [0.15, 0.2) is 0 Å². The van der Waals surface area contributed by atoms with Crippen molar-refractivity contribution >= 4 is 0 Å². The van der Waals surface area contributed by atoms with E-state index in [4.69, 9.17) is 0 Å². The van der Waals surface area contributed by atoms with Crippen molar-refractivity contribution in [3.8, 4) is 0 Å². The van der Waals surface area contributed by atoms with Crippen molar-refractivity contribution in [3.05, 3.63) is 0 Å². The minimum absolute atomic E-state index is 1.000.